The van der Waals surface area contributed by atoms with Gasteiger partial charge in [-0.05, 0) is 32.2 Å². The molecule has 0 fully saturated rings. The summed E-state index contributed by atoms with van der Waals surface area (Å²) < 4.78 is 4.57. The monoisotopic (exact) mass is 286 g/mol. The Balaban J connectivity index is 3.21. The second-order valence-corrected chi connectivity index (χ2v) is 5.04. The van der Waals surface area contributed by atoms with Crippen molar-refractivity contribution in [2.45, 2.75) is 64.2 Å². The van der Waals surface area contributed by atoms with Crippen molar-refractivity contribution in [2.75, 3.05) is 20.2 Å². The molecule has 0 saturated heterocycles. The van der Waals surface area contributed by atoms with Gasteiger partial charge in [0.15, 0.2) is 0 Å². The van der Waals surface area contributed by atoms with Crippen LogP contribution in [0.1, 0.15) is 64.2 Å². The maximum atomic E-state index is 11.5. The molecule has 118 valence electrons. The number of nitrogens with two attached hydrogens (primary N) is 1. The van der Waals surface area contributed by atoms with E-state index >= 15 is 0 Å². The van der Waals surface area contributed by atoms with Gasteiger partial charge in [-0.2, -0.15) is 0 Å². The van der Waals surface area contributed by atoms with Crippen LogP contribution in [0.2, 0.25) is 0 Å². The Morgan fingerprint density at radius 3 is 2.15 bits per heavy atom. The second kappa shape index (κ2) is 14.3. The first-order valence-corrected chi connectivity index (χ1v) is 7.74. The van der Waals surface area contributed by atoms with Crippen molar-refractivity contribution in [3.8, 4) is 0 Å². The number of amides is 1. The molecule has 0 aromatic carbocycles. The maximum Gasteiger partial charge on any atom is 0.305 e. The van der Waals surface area contributed by atoms with Crippen LogP contribution < -0.4 is 11.1 Å². The van der Waals surface area contributed by atoms with Gasteiger partial charge in [-0.15, -0.1) is 0 Å². The summed E-state index contributed by atoms with van der Waals surface area (Å²) in [4.78, 5) is 22.4. The van der Waals surface area contributed by atoms with Crippen LogP contribution >= 0.6 is 0 Å². The number of carbonyl (C=O) groups is 2. The highest BCUT2D eigenvalue weighted by Gasteiger charge is 2.01. The van der Waals surface area contributed by atoms with E-state index in [4.69, 9.17) is 5.73 Å². The van der Waals surface area contributed by atoms with E-state index in [1.165, 1.54) is 7.11 Å². The molecule has 0 aliphatic carbocycles. The summed E-state index contributed by atoms with van der Waals surface area (Å²) in [6, 6.07) is 0. The molecular weight excluding hydrogens is 256 g/mol. The first-order valence-electron chi connectivity index (χ1n) is 7.74. The molecule has 5 heteroatoms. The third-order valence-electron chi connectivity index (χ3n) is 3.22. The Kier molecular flexibility index (Phi) is 13.5. The molecule has 0 saturated carbocycles. The predicted molar refractivity (Wildman–Crippen MR) is 80.3 cm³/mol. The van der Waals surface area contributed by atoms with Crippen molar-refractivity contribution < 1.29 is 14.3 Å². The van der Waals surface area contributed by atoms with E-state index in [0.717, 1.165) is 64.5 Å². The Bertz CT molecular complexity index is 258. The number of hydrogen-bond acceptors (Lipinski definition) is 4. The number of nitrogens with one attached hydrogen (secondary N) is 1. The molecule has 0 unspecified atom stereocenters. The van der Waals surface area contributed by atoms with Crippen LogP contribution in [-0.4, -0.2) is 32.1 Å². The normalized spacial score (nSPS) is 10.3. The lowest BCUT2D eigenvalue weighted by Crippen LogP contribution is -2.23. The molecule has 0 aromatic heterocycles. The smallest absolute Gasteiger partial charge is 0.305 e. The summed E-state index contributed by atoms with van der Waals surface area (Å²) in [5, 5.41) is 2.93. The van der Waals surface area contributed by atoms with Crippen molar-refractivity contribution in [3.63, 3.8) is 0 Å². The van der Waals surface area contributed by atoms with E-state index in [9.17, 15) is 9.59 Å². The number of esters is 1. The van der Waals surface area contributed by atoms with Gasteiger partial charge in [0.25, 0.3) is 0 Å². The average molecular weight is 286 g/mol. The summed E-state index contributed by atoms with van der Waals surface area (Å²) in [6.07, 6.45) is 9.18. The number of methoxy groups -OCH3 is 1. The third-order valence-corrected chi connectivity index (χ3v) is 3.22. The van der Waals surface area contributed by atoms with Crippen LogP contribution in [-0.2, 0) is 14.3 Å². The van der Waals surface area contributed by atoms with Gasteiger partial charge >= 0.3 is 5.97 Å². The van der Waals surface area contributed by atoms with Crippen LogP contribution in [0.15, 0.2) is 0 Å². The number of ether oxygens (including phenoxy) is 1. The van der Waals surface area contributed by atoms with Crippen molar-refractivity contribution >= 4 is 11.9 Å². The molecule has 5 nitrogen and oxygen atoms in total. The fraction of sp³-hybridized carbons (Fsp3) is 0.867. The summed E-state index contributed by atoms with van der Waals surface area (Å²) in [6.45, 7) is 1.47. The van der Waals surface area contributed by atoms with E-state index < -0.39 is 0 Å². The Morgan fingerprint density at radius 2 is 1.50 bits per heavy atom. The minimum atomic E-state index is -0.145. The van der Waals surface area contributed by atoms with Crippen LogP contribution in [0, 0.1) is 0 Å². The summed E-state index contributed by atoms with van der Waals surface area (Å²) in [7, 11) is 1.41. The molecule has 0 atom stereocenters. The van der Waals surface area contributed by atoms with E-state index in [-0.39, 0.29) is 11.9 Å². The van der Waals surface area contributed by atoms with Gasteiger partial charge in [-0.3, -0.25) is 9.59 Å². The Morgan fingerprint density at radius 1 is 0.900 bits per heavy atom. The van der Waals surface area contributed by atoms with Gasteiger partial charge in [0.1, 0.15) is 0 Å². The zero-order valence-corrected chi connectivity index (χ0v) is 12.8. The van der Waals surface area contributed by atoms with Gasteiger partial charge < -0.3 is 15.8 Å². The number of hydrogen-bond donors (Lipinski definition) is 2. The third kappa shape index (κ3) is 13.3. The molecule has 1 amide bonds. The molecule has 0 rings (SSSR count). The van der Waals surface area contributed by atoms with Crippen molar-refractivity contribution in [1.82, 2.24) is 5.32 Å². The van der Waals surface area contributed by atoms with Crippen molar-refractivity contribution in [3.05, 3.63) is 0 Å². The van der Waals surface area contributed by atoms with Gasteiger partial charge in [0.2, 0.25) is 5.91 Å². The summed E-state index contributed by atoms with van der Waals surface area (Å²) in [5.74, 6) is 0.000229. The molecule has 0 spiro atoms. The van der Waals surface area contributed by atoms with Crippen molar-refractivity contribution in [2.24, 2.45) is 5.73 Å². The molecule has 3 N–H and O–H groups in total. The predicted octanol–water partition coefficient (Wildman–Crippen LogP) is 2.14. The molecule has 0 heterocycles. The number of carbonyl (C=O) groups excluding carboxylic acids is 2. The molecule has 20 heavy (non-hydrogen) atoms. The van der Waals surface area contributed by atoms with Gasteiger partial charge in [-0.1, -0.05) is 25.7 Å². The highest BCUT2D eigenvalue weighted by atomic mass is 16.5. The molecule has 0 aromatic rings. The van der Waals surface area contributed by atoms with E-state index in [1.54, 1.807) is 0 Å². The molecule has 0 aliphatic rings. The number of rotatable bonds is 13. The molecule has 0 aliphatic heterocycles. The van der Waals surface area contributed by atoms with Gasteiger partial charge in [0, 0.05) is 19.4 Å². The Labute approximate surface area is 122 Å². The van der Waals surface area contributed by atoms with Crippen LogP contribution in [0.4, 0.5) is 0 Å². The van der Waals surface area contributed by atoms with Crippen LogP contribution in [0.5, 0.6) is 0 Å². The fourth-order valence-electron chi connectivity index (χ4n) is 1.95. The summed E-state index contributed by atoms with van der Waals surface area (Å²) >= 11 is 0. The lowest BCUT2D eigenvalue weighted by Gasteiger charge is -2.05. The fourth-order valence-corrected chi connectivity index (χ4v) is 1.95. The lowest BCUT2D eigenvalue weighted by atomic mass is 10.1. The molecule has 0 radical (unpaired) electrons. The largest absolute Gasteiger partial charge is 0.469 e. The van der Waals surface area contributed by atoms with E-state index in [2.05, 4.69) is 10.1 Å². The van der Waals surface area contributed by atoms with Gasteiger partial charge in [-0.25, -0.2) is 0 Å². The van der Waals surface area contributed by atoms with Gasteiger partial charge in [0.05, 0.1) is 7.11 Å². The minimum Gasteiger partial charge on any atom is -0.469 e. The number of unbranched alkanes of at least 4 members (excludes halogenated alkanes) is 6. The zero-order chi connectivity index (χ0) is 15.1. The van der Waals surface area contributed by atoms with Crippen LogP contribution in [0.25, 0.3) is 0 Å². The first-order chi connectivity index (χ1) is 9.70. The first kappa shape index (κ1) is 18.9. The summed E-state index contributed by atoms with van der Waals surface area (Å²) in [5.41, 5.74) is 5.41. The second-order valence-electron chi connectivity index (χ2n) is 5.04. The highest BCUT2D eigenvalue weighted by Crippen LogP contribution is 2.04. The van der Waals surface area contributed by atoms with E-state index in [1.807, 2.05) is 0 Å². The SMILES string of the molecule is COC(=O)CCCCCCNC(=O)CCCCCCN. The highest BCUT2D eigenvalue weighted by molar-refractivity contribution is 5.75. The standard InChI is InChI=1S/C15H30N2O3/c1-20-15(19)11-7-3-5-9-13-17-14(18)10-6-2-4-8-12-16/h2-13,16H2,1H3,(H,17,18). The topological polar surface area (TPSA) is 81.4 Å². The maximum absolute atomic E-state index is 11.5. The minimum absolute atomic E-state index is 0.145. The average Bonchev–Trinajstić information content (AvgIpc) is 2.45. The zero-order valence-electron chi connectivity index (χ0n) is 12.8. The van der Waals surface area contributed by atoms with E-state index in [0.29, 0.717) is 12.8 Å². The Hall–Kier alpha value is -1.10. The molecule has 0 bridgehead atoms. The molecular formula is C15H30N2O3. The van der Waals surface area contributed by atoms with Crippen LogP contribution in [0.3, 0.4) is 0 Å². The quantitative estimate of drug-likeness (QED) is 0.401. The van der Waals surface area contributed by atoms with Crippen molar-refractivity contribution in [1.29, 1.82) is 0 Å². The lowest BCUT2D eigenvalue weighted by molar-refractivity contribution is -0.140.